The molecule has 1 aromatic heterocycles. The second kappa shape index (κ2) is 5.75. The standard InChI is InChI=1S/C11H15ClN4OS/c1-16-6-7(3-4-10(16)17)13-9-5-8(12)14-11(15-9)18-2/h5,7H,3-4,6H2,1-2H3,(H,13,14,15). The second-order valence-corrected chi connectivity index (χ2v) is 5.38. The largest absolute Gasteiger partial charge is 0.365 e. The van der Waals surface area contributed by atoms with Gasteiger partial charge in [-0.1, -0.05) is 23.4 Å². The van der Waals surface area contributed by atoms with E-state index in [4.69, 9.17) is 11.6 Å². The molecule has 0 bridgehead atoms. The highest BCUT2D eigenvalue weighted by atomic mass is 35.5. The van der Waals surface area contributed by atoms with Gasteiger partial charge in [0.15, 0.2) is 5.16 Å². The van der Waals surface area contributed by atoms with Gasteiger partial charge in [0.2, 0.25) is 5.91 Å². The SMILES string of the molecule is CSc1nc(Cl)cc(NC2CCC(=O)N(C)C2)n1. The molecular formula is C11H15ClN4OS. The number of piperidine rings is 1. The van der Waals surface area contributed by atoms with E-state index in [2.05, 4.69) is 15.3 Å². The van der Waals surface area contributed by atoms with E-state index in [0.717, 1.165) is 6.42 Å². The van der Waals surface area contributed by atoms with Crippen LogP contribution in [0.5, 0.6) is 0 Å². The van der Waals surface area contributed by atoms with Crippen LogP contribution in [0.2, 0.25) is 5.15 Å². The molecule has 0 spiro atoms. The Kier molecular flexibility index (Phi) is 4.29. The third-order valence-corrected chi connectivity index (χ3v) is 3.58. The summed E-state index contributed by atoms with van der Waals surface area (Å²) in [7, 11) is 1.82. The summed E-state index contributed by atoms with van der Waals surface area (Å²) < 4.78 is 0. The Labute approximate surface area is 115 Å². The fourth-order valence-corrected chi connectivity index (χ4v) is 2.51. The van der Waals surface area contributed by atoms with Gasteiger partial charge >= 0.3 is 0 Å². The second-order valence-electron chi connectivity index (χ2n) is 4.22. The first-order valence-electron chi connectivity index (χ1n) is 5.67. The first-order valence-corrected chi connectivity index (χ1v) is 7.28. The van der Waals surface area contributed by atoms with Crippen molar-refractivity contribution in [3.05, 3.63) is 11.2 Å². The highest BCUT2D eigenvalue weighted by molar-refractivity contribution is 7.98. The van der Waals surface area contributed by atoms with E-state index in [1.807, 2.05) is 13.3 Å². The van der Waals surface area contributed by atoms with Crippen molar-refractivity contribution in [2.24, 2.45) is 0 Å². The zero-order chi connectivity index (χ0) is 13.1. The molecule has 18 heavy (non-hydrogen) atoms. The van der Waals surface area contributed by atoms with Gasteiger partial charge in [-0.2, -0.15) is 0 Å². The predicted octanol–water partition coefficient (Wildman–Crippen LogP) is 1.88. The molecule has 0 radical (unpaired) electrons. The maximum atomic E-state index is 11.4. The van der Waals surface area contributed by atoms with Gasteiger partial charge in [-0.25, -0.2) is 9.97 Å². The molecule has 1 saturated heterocycles. The number of rotatable bonds is 3. The minimum absolute atomic E-state index is 0.193. The van der Waals surface area contributed by atoms with Crippen LogP contribution < -0.4 is 5.32 Å². The Morgan fingerprint density at radius 3 is 3.00 bits per heavy atom. The Hall–Kier alpha value is -1.01. The van der Waals surface area contributed by atoms with Crippen molar-refractivity contribution in [1.29, 1.82) is 0 Å². The van der Waals surface area contributed by atoms with Gasteiger partial charge in [0.1, 0.15) is 11.0 Å². The number of likely N-dealkylation sites (tertiary alicyclic amines) is 1. The molecule has 2 heterocycles. The minimum atomic E-state index is 0.193. The van der Waals surface area contributed by atoms with Gasteiger partial charge in [0.05, 0.1) is 0 Å². The smallest absolute Gasteiger partial charge is 0.222 e. The number of hydrogen-bond donors (Lipinski definition) is 1. The number of aromatic nitrogens is 2. The van der Waals surface area contributed by atoms with Gasteiger partial charge in [0, 0.05) is 32.1 Å². The third-order valence-electron chi connectivity index (χ3n) is 2.84. The van der Waals surface area contributed by atoms with E-state index in [-0.39, 0.29) is 11.9 Å². The van der Waals surface area contributed by atoms with Crippen LogP contribution in [0, 0.1) is 0 Å². The quantitative estimate of drug-likeness (QED) is 0.522. The lowest BCUT2D eigenvalue weighted by Gasteiger charge is -2.30. The van der Waals surface area contributed by atoms with Crippen LogP contribution in [-0.2, 0) is 4.79 Å². The molecule has 0 aromatic carbocycles. The first-order chi connectivity index (χ1) is 8.58. The molecule has 1 aromatic rings. The molecule has 1 aliphatic heterocycles. The zero-order valence-electron chi connectivity index (χ0n) is 10.3. The maximum absolute atomic E-state index is 11.4. The molecule has 1 N–H and O–H groups in total. The van der Waals surface area contributed by atoms with E-state index in [9.17, 15) is 4.79 Å². The van der Waals surface area contributed by atoms with Crippen LogP contribution in [0.25, 0.3) is 0 Å². The number of anilines is 1. The molecule has 2 rings (SSSR count). The number of carbonyl (C=O) groups is 1. The van der Waals surface area contributed by atoms with Crippen LogP contribution in [0.15, 0.2) is 11.2 Å². The van der Waals surface area contributed by atoms with Crippen LogP contribution in [0.1, 0.15) is 12.8 Å². The zero-order valence-corrected chi connectivity index (χ0v) is 11.9. The number of likely N-dealkylation sites (N-methyl/N-ethyl adjacent to an activating group) is 1. The highest BCUT2D eigenvalue weighted by Crippen LogP contribution is 2.20. The lowest BCUT2D eigenvalue weighted by Crippen LogP contribution is -2.43. The molecule has 1 aliphatic rings. The van der Waals surface area contributed by atoms with E-state index in [0.29, 0.717) is 29.1 Å². The lowest BCUT2D eigenvalue weighted by molar-refractivity contribution is -0.132. The van der Waals surface area contributed by atoms with E-state index >= 15 is 0 Å². The summed E-state index contributed by atoms with van der Waals surface area (Å²) in [5.41, 5.74) is 0. The fourth-order valence-electron chi connectivity index (χ4n) is 1.90. The molecule has 1 atom stereocenters. The summed E-state index contributed by atoms with van der Waals surface area (Å²) in [5.74, 6) is 0.908. The predicted molar refractivity (Wildman–Crippen MR) is 73.1 cm³/mol. The van der Waals surface area contributed by atoms with Crippen molar-refractivity contribution in [3.8, 4) is 0 Å². The normalized spacial score (nSPS) is 20.1. The van der Waals surface area contributed by atoms with E-state index in [1.54, 1.807) is 11.0 Å². The van der Waals surface area contributed by atoms with Crippen molar-refractivity contribution in [2.75, 3.05) is 25.2 Å². The third kappa shape index (κ3) is 3.26. The van der Waals surface area contributed by atoms with Crippen molar-refractivity contribution in [2.45, 2.75) is 24.0 Å². The lowest BCUT2D eigenvalue weighted by atomic mass is 10.1. The van der Waals surface area contributed by atoms with Crippen LogP contribution in [0.3, 0.4) is 0 Å². The fraction of sp³-hybridized carbons (Fsp3) is 0.545. The van der Waals surface area contributed by atoms with Gasteiger partial charge in [-0.15, -0.1) is 0 Å². The summed E-state index contributed by atoms with van der Waals surface area (Å²) in [6, 6.07) is 1.92. The molecule has 0 saturated carbocycles. The Morgan fingerprint density at radius 1 is 1.56 bits per heavy atom. The molecule has 5 nitrogen and oxygen atoms in total. The summed E-state index contributed by atoms with van der Waals surface area (Å²) in [4.78, 5) is 21.6. The first kappa shape index (κ1) is 13.4. The Morgan fingerprint density at radius 2 is 2.33 bits per heavy atom. The number of halogens is 1. The van der Waals surface area contributed by atoms with Crippen LogP contribution in [0.4, 0.5) is 5.82 Å². The van der Waals surface area contributed by atoms with Crippen molar-refractivity contribution in [3.63, 3.8) is 0 Å². The summed E-state index contributed by atoms with van der Waals surface area (Å²) in [6.45, 7) is 0.690. The number of amides is 1. The van der Waals surface area contributed by atoms with Crippen molar-refractivity contribution >= 4 is 35.1 Å². The maximum Gasteiger partial charge on any atom is 0.222 e. The van der Waals surface area contributed by atoms with E-state index in [1.165, 1.54) is 11.8 Å². The van der Waals surface area contributed by atoms with Gasteiger partial charge < -0.3 is 10.2 Å². The molecule has 0 aliphatic carbocycles. The number of nitrogens with zero attached hydrogens (tertiary/aromatic N) is 3. The molecule has 1 fully saturated rings. The summed E-state index contributed by atoms with van der Waals surface area (Å²) in [5, 5.41) is 4.38. The van der Waals surface area contributed by atoms with Crippen molar-refractivity contribution in [1.82, 2.24) is 14.9 Å². The number of thioether (sulfide) groups is 1. The van der Waals surface area contributed by atoms with Crippen LogP contribution >= 0.6 is 23.4 Å². The number of carbonyl (C=O) groups excluding carboxylic acids is 1. The molecule has 1 amide bonds. The van der Waals surface area contributed by atoms with Gasteiger partial charge in [-0.3, -0.25) is 4.79 Å². The highest BCUT2D eigenvalue weighted by Gasteiger charge is 2.23. The molecule has 1 unspecified atom stereocenters. The molecular weight excluding hydrogens is 272 g/mol. The Bertz CT molecular complexity index is 457. The minimum Gasteiger partial charge on any atom is -0.365 e. The summed E-state index contributed by atoms with van der Waals surface area (Å²) >= 11 is 7.38. The topological polar surface area (TPSA) is 58.1 Å². The average Bonchev–Trinajstić information content (AvgIpc) is 2.33. The van der Waals surface area contributed by atoms with Crippen LogP contribution in [-0.4, -0.2) is 46.7 Å². The van der Waals surface area contributed by atoms with E-state index < -0.39 is 0 Å². The van der Waals surface area contributed by atoms with Gasteiger partial charge in [-0.05, 0) is 12.7 Å². The monoisotopic (exact) mass is 286 g/mol. The Balaban J connectivity index is 2.05. The number of hydrogen-bond acceptors (Lipinski definition) is 5. The van der Waals surface area contributed by atoms with Crippen molar-refractivity contribution < 1.29 is 4.79 Å². The molecule has 98 valence electrons. The van der Waals surface area contributed by atoms with Gasteiger partial charge in [0.25, 0.3) is 0 Å². The number of nitrogens with one attached hydrogen (secondary N) is 1. The summed E-state index contributed by atoms with van der Waals surface area (Å²) in [6.07, 6.45) is 3.30. The average molecular weight is 287 g/mol. The molecule has 7 heteroatoms.